The lowest BCUT2D eigenvalue weighted by atomic mass is 10.2. The zero-order valence-corrected chi connectivity index (χ0v) is 11.4. The highest BCUT2D eigenvalue weighted by molar-refractivity contribution is 6.31. The molecule has 2 heterocycles. The normalized spacial score (nSPS) is 14.4. The Kier molecular flexibility index (Phi) is 2.76. The van der Waals surface area contributed by atoms with Crippen LogP contribution in [-0.4, -0.2) is 19.7 Å². The van der Waals surface area contributed by atoms with Crippen molar-refractivity contribution < 1.29 is 0 Å². The van der Waals surface area contributed by atoms with Crippen molar-refractivity contribution in [2.24, 2.45) is 0 Å². The van der Waals surface area contributed by atoms with E-state index in [1.54, 1.807) is 0 Å². The SMILES string of the molecule is Cc1cc(-n2nc(C3CC3)c(C#N)c2Cl)nc(C)n1. The molecule has 1 aliphatic rings. The molecule has 0 atom stereocenters. The van der Waals surface area contributed by atoms with Crippen molar-refractivity contribution >= 4 is 11.6 Å². The van der Waals surface area contributed by atoms with Gasteiger partial charge in [-0.2, -0.15) is 10.4 Å². The Morgan fingerprint density at radius 2 is 2.11 bits per heavy atom. The Hall–Kier alpha value is -1.93. The van der Waals surface area contributed by atoms with E-state index in [1.807, 2.05) is 19.9 Å². The molecule has 1 fully saturated rings. The summed E-state index contributed by atoms with van der Waals surface area (Å²) in [4.78, 5) is 8.56. The molecule has 96 valence electrons. The third-order valence-corrected chi connectivity index (χ3v) is 3.45. The number of aryl methyl sites for hydroxylation is 2. The molecule has 2 aromatic rings. The first-order chi connectivity index (χ1) is 9.10. The van der Waals surface area contributed by atoms with Gasteiger partial charge in [-0.25, -0.2) is 14.6 Å². The Balaban J connectivity index is 2.17. The van der Waals surface area contributed by atoms with Gasteiger partial charge in [0.15, 0.2) is 11.0 Å². The van der Waals surface area contributed by atoms with Gasteiger partial charge in [-0.05, 0) is 26.7 Å². The minimum atomic E-state index is 0.335. The summed E-state index contributed by atoms with van der Waals surface area (Å²) in [5.41, 5.74) is 2.11. The van der Waals surface area contributed by atoms with E-state index >= 15 is 0 Å². The van der Waals surface area contributed by atoms with Gasteiger partial charge in [0.25, 0.3) is 0 Å². The molecule has 0 aromatic carbocycles. The van der Waals surface area contributed by atoms with Crippen LogP contribution in [0.4, 0.5) is 0 Å². The largest absolute Gasteiger partial charge is 0.238 e. The first-order valence-corrected chi connectivity index (χ1v) is 6.49. The first-order valence-electron chi connectivity index (χ1n) is 6.11. The average molecular weight is 274 g/mol. The molecule has 0 spiro atoms. The molecule has 19 heavy (non-hydrogen) atoms. The molecule has 0 saturated heterocycles. The van der Waals surface area contributed by atoms with Gasteiger partial charge in [-0.15, -0.1) is 0 Å². The highest BCUT2D eigenvalue weighted by Crippen LogP contribution is 2.42. The topological polar surface area (TPSA) is 67.4 Å². The first kappa shape index (κ1) is 12.1. The lowest BCUT2D eigenvalue weighted by Crippen LogP contribution is -2.04. The van der Waals surface area contributed by atoms with Crippen LogP contribution in [0.1, 0.15) is 41.5 Å². The van der Waals surface area contributed by atoms with Gasteiger partial charge < -0.3 is 0 Å². The fourth-order valence-corrected chi connectivity index (χ4v) is 2.38. The summed E-state index contributed by atoms with van der Waals surface area (Å²) in [6, 6.07) is 3.96. The predicted molar refractivity (Wildman–Crippen MR) is 70.3 cm³/mol. The summed E-state index contributed by atoms with van der Waals surface area (Å²) in [6.45, 7) is 3.71. The van der Waals surface area contributed by atoms with E-state index in [2.05, 4.69) is 21.1 Å². The van der Waals surface area contributed by atoms with Crippen molar-refractivity contribution in [3.8, 4) is 11.9 Å². The summed E-state index contributed by atoms with van der Waals surface area (Å²) < 4.78 is 1.54. The monoisotopic (exact) mass is 273 g/mol. The van der Waals surface area contributed by atoms with Crippen LogP contribution in [0.2, 0.25) is 5.15 Å². The van der Waals surface area contributed by atoms with Crippen molar-refractivity contribution in [2.75, 3.05) is 0 Å². The van der Waals surface area contributed by atoms with Crippen molar-refractivity contribution in [1.29, 1.82) is 5.26 Å². The zero-order chi connectivity index (χ0) is 13.6. The minimum absolute atomic E-state index is 0.335. The van der Waals surface area contributed by atoms with E-state index in [0.29, 0.717) is 28.3 Å². The molecular formula is C13H12ClN5. The third kappa shape index (κ3) is 2.08. The van der Waals surface area contributed by atoms with Gasteiger partial charge in [0.05, 0.1) is 5.69 Å². The van der Waals surface area contributed by atoms with Gasteiger partial charge in [-0.1, -0.05) is 11.6 Å². The quantitative estimate of drug-likeness (QED) is 0.844. The molecule has 0 N–H and O–H groups in total. The summed E-state index contributed by atoms with van der Waals surface area (Å²) in [5, 5.41) is 14.0. The van der Waals surface area contributed by atoms with E-state index in [1.165, 1.54) is 4.68 Å². The molecule has 0 amide bonds. The van der Waals surface area contributed by atoms with Crippen LogP contribution in [0.5, 0.6) is 0 Å². The van der Waals surface area contributed by atoms with Crippen molar-refractivity contribution in [2.45, 2.75) is 32.6 Å². The summed E-state index contributed by atoms with van der Waals surface area (Å²) in [6.07, 6.45) is 2.15. The molecule has 0 aliphatic heterocycles. The minimum Gasteiger partial charge on any atom is -0.238 e. The highest BCUT2D eigenvalue weighted by atomic mass is 35.5. The van der Waals surface area contributed by atoms with Crippen molar-refractivity contribution in [3.05, 3.63) is 34.0 Å². The lowest BCUT2D eigenvalue weighted by molar-refractivity contribution is 0.796. The Morgan fingerprint density at radius 3 is 2.68 bits per heavy atom. The Morgan fingerprint density at radius 1 is 1.37 bits per heavy atom. The van der Waals surface area contributed by atoms with Gasteiger partial charge in [0, 0.05) is 17.7 Å². The van der Waals surface area contributed by atoms with Crippen LogP contribution in [-0.2, 0) is 0 Å². The van der Waals surface area contributed by atoms with Crippen LogP contribution >= 0.6 is 11.6 Å². The van der Waals surface area contributed by atoms with Crippen LogP contribution < -0.4 is 0 Å². The molecule has 0 unspecified atom stereocenters. The second-order valence-electron chi connectivity index (χ2n) is 4.76. The standard InChI is InChI=1S/C13H12ClN5/c1-7-5-11(17-8(2)16-7)19-13(14)10(6-15)12(18-19)9-3-4-9/h5,9H,3-4H2,1-2H3. The molecule has 2 aromatic heterocycles. The maximum atomic E-state index is 9.22. The zero-order valence-electron chi connectivity index (χ0n) is 10.7. The molecule has 0 bridgehead atoms. The second-order valence-corrected chi connectivity index (χ2v) is 5.12. The van der Waals surface area contributed by atoms with E-state index < -0.39 is 0 Å². The van der Waals surface area contributed by atoms with Gasteiger partial charge in [0.2, 0.25) is 0 Å². The number of halogens is 1. The van der Waals surface area contributed by atoms with Crippen LogP contribution in [0.3, 0.4) is 0 Å². The predicted octanol–water partition coefficient (Wildman–Crippen LogP) is 2.68. The summed E-state index contributed by atoms with van der Waals surface area (Å²) in [7, 11) is 0. The number of aromatic nitrogens is 4. The van der Waals surface area contributed by atoms with Crippen LogP contribution in [0.15, 0.2) is 6.07 Å². The third-order valence-electron chi connectivity index (χ3n) is 3.10. The maximum absolute atomic E-state index is 9.22. The summed E-state index contributed by atoms with van der Waals surface area (Å²) in [5.74, 6) is 1.64. The maximum Gasteiger partial charge on any atom is 0.159 e. The van der Waals surface area contributed by atoms with E-state index in [0.717, 1.165) is 24.2 Å². The number of nitrogens with zero attached hydrogens (tertiary/aromatic N) is 5. The second kappa shape index (κ2) is 4.32. The fraction of sp³-hybridized carbons (Fsp3) is 0.385. The van der Waals surface area contributed by atoms with E-state index in [-0.39, 0.29) is 0 Å². The van der Waals surface area contributed by atoms with Crippen LogP contribution in [0.25, 0.3) is 5.82 Å². The lowest BCUT2D eigenvalue weighted by Gasteiger charge is -2.04. The smallest absolute Gasteiger partial charge is 0.159 e. The fourth-order valence-electron chi connectivity index (χ4n) is 2.12. The molecule has 1 aliphatic carbocycles. The molecule has 0 radical (unpaired) electrons. The van der Waals surface area contributed by atoms with Gasteiger partial charge >= 0.3 is 0 Å². The van der Waals surface area contributed by atoms with Crippen molar-refractivity contribution in [1.82, 2.24) is 19.7 Å². The van der Waals surface area contributed by atoms with Gasteiger partial charge in [0.1, 0.15) is 17.5 Å². The van der Waals surface area contributed by atoms with E-state index in [9.17, 15) is 5.26 Å². The van der Waals surface area contributed by atoms with Crippen LogP contribution in [0, 0.1) is 25.2 Å². The highest BCUT2D eigenvalue weighted by Gasteiger charge is 2.32. The molecule has 5 nitrogen and oxygen atoms in total. The number of hydrogen-bond donors (Lipinski definition) is 0. The van der Waals surface area contributed by atoms with E-state index in [4.69, 9.17) is 11.6 Å². The van der Waals surface area contributed by atoms with Gasteiger partial charge in [-0.3, -0.25) is 0 Å². The molecular weight excluding hydrogens is 262 g/mol. The summed E-state index contributed by atoms with van der Waals surface area (Å²) >= 11 is 6.26. The Bertz CT molecular complexity index is 674. The van der Waals surface area contributed by atoms with Crippen molar-refractivity contribution in [3.63, 3.8) is 0 Å². The number of nitriles is 1. The number of hydrogen-bond acceptors (Lipinski definition) is 4. The number of rotatable bonds is 2. The molecule has 1 saturated carbocycles. The Labute approximate surface area is 115 Å². The average Bonchev–Trinajstić information content (AvgIpc) is 3.12. The molecule has 6 heteroatoms. The molecule has 3 rings (SSSR count).